The molecule has 0 aromatic heterocycles. The maximum Gasteiger partial charge on any atom is 0.243 e. The molecule has 0 aliphatic carbocycles. The number of aryl methyl sites for hydroxylation is 1. The molecule has 1 aliphatic rings. The van der Waals surface area contributed by atoms with Crippen LogP contribution in [-0.4, -0.2) is 56.8 Å². The van der Waals surface area contributed by atoms with Crippen LogP contribution in [0.15, 0.2) is 53.4 Å². The average Bonchev–Trinajstić information content (AvgIpc) is 2.74. The number of likely N-dealkylation sites (N-methyl/N-ethyl adjacent to an activating group) is 1. The summed E-state index contributed by atoms with van der Waals surface area (Å²) in [6.45, 7) is 4.62. The Hall–Kier alpha value is -2.22. The lowest BCUT2D eigenvalue weighted by Gasteiger charge is -2.31. The van der Waals surface area contributed by atoms with Gasteiger partial charge in [-0.15, -0.1) is 0 Å². The number of sulfonamides is 1. The molecular weight excluding hydrogens is 398 g/mol. The summed E-state index contributed by atoms with van der Waals surface area (Å²) in [5, 5.41) is 2.85. The van der Waals surface area contributed by atoms with Crippen LogP contribution in [0.3, 0.4) is 0 Å². The highest BCUT2D eigenvalue weighted by atomic mass is 32.2. The number of benzene rings is 2. The van der Waals surface area contributed by atoms with E-state index in [1.165, 1.54) is 22.7 Å². The lowest BCUT2D eigenvalue weighted by Crippen LogP contribution is -2.46. The summed E-state index contributed by atoms with van der Waals surface area (Å²) < 4.78 is 27.1. The largest absolute Gasteiger partial charge is 0.326 e. The molecule has 0 radical (unpaired) electrons. The number of amides is 1. The second-order valence-corrected chi connectivity index (χ2v) is 9.81. The van der Waals surface area contributed by atoms with Gasteiger partial charge in [0.15, 0.2) is 0 Å². The minimum absolute atomic E-state index is 0.119. The number of nitrogens with zero attached hydrogens (tertiary/aromatic N) is 2. The molecular formula is C23H31N3O3S. The maximum absolute atomic E-state index is 12.8. The van der Waals surface area contributed by atoms with Gasteiger partial charge in [-0.3, -0.25) is 4.79 Å². The molecule has 30 heavy (non-hydrogen) atoms. The summed E-state index contributed by atoms with van der Waals surface area (Å²) in [4.78, 5) is 14.7. The second-order valence-electron chi connectivity index (χ2n) is 7.88. The van der Waals surface area contributed by atoms with Gasteiger partial charge in [0.2, 0.25) is 15.9 Å². The lowest BCUT2D eigenvalue weighted by molar-refractivity contribution is -0.115. The fourth-order valence-corrected chi connectivity index (χ4v) is 4.91. The van der Waals surface area contributed by atoms with Crippen LogP contribution in [0.4, 0.5) is 5.69 Å². The predicted octanol–water partition coefficient (Wildman–Crippen LogP) is 3.15. The van der Waals surface area contributed by atoms with E-state index < -0.39 is 10.0 Å². The van der Waals surface area contributed by atoms with E-state index in [0.29, 0.717) is 18.8 Å². The van der Waals surface area contributed by atoms with Crippen molar-refractivity contribution < 1.29 is 13.2 Å². The fraction of sp³-hybridized carbons (Fsp3) is 0.435. The van der Waals surface area contributed by atoms with Crippen molar-refractivity contribution in [3.63, 3.8) is 0 Å². The van der Waals surface area contributed by atoms with Crippen LogP contribution in [0, 0.1) is 0 Å². The number of nitrogens with one attached hydrogen (secondary N) is 1. The third-order valence-electron chi connectivity index (χ3n) is 5.44. The van der Waals surface area contributed by atoms with Crippen molar-refractivity contribution in [3.8, 4) is 0 Å². The molecule has 0 saturated carbocycles. The predicted molar refractivity (Wildman–Crippen MR) is 120 cm³/mol. The molecule has 1 saturated heterocycles. The number of hydrogen-bond acceptors (Lipinski definition) is 4. The Kier molecular flexibility index (Phi) is 7.64. The summed E-state index contributed by atoms with van der Waals surface area (Å²) in [6, 6.07) is 14.6. The van der Waals surface area contributed by atoms with Gasteiger partial charge in [0.05, 0.1) is 11.3 Å². The molecule has 1 heterocycles. The molecule has 1 fully saturated rings. The number of carbonyl (C=O) groups is 1. The molecule has 162 valence electrons. The number of hydrogen-bond donors (Lipinski definition) is 1. The van der Waals surface area contributed by atoms with Crippen molar-refractivity contribution in [2.24, 2.45) is 0 Å². The van der Waals surface area contributed by atoms with Crippen molar-refractivity contribution in [2.75, 3.05) is 38.5 Å². The van der Waals surface area contributed by atoms with Gasteiger partial charge >= 0.3 is 0 Å². The smallest absolute Gasteiger partial charge is 0.243 e. The second kappa shape index (κ2) is 10.2. The first-order valence-electron chi connectivity index (χ1n) is 10.5. The molecule has 7 heteroatoms. The minimum Gasteiger partial charge on any atom is -0.326 e. The molecule has 2 aromatic rings. The Morgan fingerprint density at radius 3 is 2.13 bits per heavy atom. The first kappa shape index (κ1) is 22.5. The molecule has 3 rings (SSSR count). The molecule has 0 spiro atoms. The minimum atomic E-state index is -3.50. The van der Waals surface area contributed by atoms with Crippen molar-refractivity contribution in [3.05, 3.63) is 59.7 Å². The van der Waals surface area contributed by atoms with E-state index in [4.69, 9.17) is 0 Å². The van der Waals surface area contributed by atoms with Gasteiger partial charge in [-0.2, -0.15) is 4.31 Å². The van der Waals surface area contributed by atoms with E-state index in [1.807, 2.05) is 19.2 Å². The lowest BCUT2D eigenvalue weighted by atomic mass is 10.0. The van der Waals surface area contributed by atoms with Gasteiger partial charge in [-0.1, -0.05) is 37.6 Å². The van der Waals surface area contributed by atoms with Gasteiger partial charge < -0.3 is 10.2 Å². The van der Waals surface area contributed by atoms with Crippen LogP contribution in [0.2, 0.25) is 0 Å². The van der Waals surface area contributed by atoms with E-state index in [-0.39, 0.29) is 17.2 Å². The molecule has 2 aromatic carbocycles. The first-order chi connectivity index (χ1) is 14.4. The summed E-state index contributed by atoms with van der Waals surface area (Å²) >= 11 is 0. The van der Waals surface area contributed by atoms with E-state index in [2.05, 4.69) is 29.3 Å². The molecule has 1 aliphatic heterocycles. The Morgan fingerprint density at radius 2 is 1.53 bits per heavy atom. The van der Waals surface area contributed by atoms with Crippen LogP contribution in [0.25, 0.3) is 0 Å². The van der Waals surface area contributed by atoms with Gasteiger partial charge in [-0.05, 0) is 55.3 Å². The van der Waals surface area contributed by atoms with E-state index >= 15 is 0 Å². The van der Waals surface area contributed by atoms with E-state index in [1.54, 1.807) is 24.3 Å². The zero-order chi connectivity index (χ0) is 21.6. The fourth-order valence-electron chi connectivity index (χ4n) is 3.48. The highest BCUT2D eigenvalue weighted by Gasteiger charge is 2.27. The van der Waals surface area contributed by atoms with E-state index in [0.717, 1.165) is 25.1 Å². The van der Waals surface area contributed by atoms with Crippen molar-refractivity contribution in [1.29, 1.82) is 0 Å². The third-order valence-corrected chi connectivity index (χ3v) is 7.36. The summed E-state index contributed by atoms with van der Waals surface area (Å²) in [7, 11) is -1.51. The van der Waals surface area contributed by atoms with Gasteiger partial charge in [-0.25, -0.2) is 8.42 Å². The first-order valence-corrected chi connectivity index (χ1v) is 12.0. The van der Waals surface area contributed by atoms with Crippen molar-refractivity contribution >= 4 is 21.6 Å². The quantitative estimate of drug-likeness (QED) is 0.700. The molecule has 1 N–H and O–H groups in total. The molecule has 0 bridgehead atoms. The Labute approximate surface area is 179 Å². The highest BCUT2D eigenvalue weighted by molar-refractivity contribution is 7.89. The summed E-state index contributed by atoms with van der Waals surface area (Å²) in [6.07, 6.45) is 3.68. The normalized spacial score (nSPS) is 15.8. The zero-order valence-corrected chi connectivity index (χ0v) is 18.6. The van der Waals surface area contributed by atoms with Crippen LogP contribution >= 0.6 is 0 Å². The number of anilines is 1. The third kappa shape index (κ3) is 5.90. The van der Waals surface area contributed by atoms with E-state index in [9.17, 15) is 13.2 Å². The number of carbonyl (C=O) groups excluding carboxylic acids is 1. The van der Waals surface area contributed by atoms with Gasteiger partial charge in [0, 0.05) is 31.9 Å². The Morgan fingerprint density at radius 1 is 0.933 bits per heavy atom. The number of unbranched alkanes of at least 4 members (excludes halogenated alkanes) is 1. The van der Waals surface area contributed by atoms with Crippen LogP contribution < -0.4 is 5.32 Å². The van der Waals surface area contributed by atoms with Crippen LogP contribution in [0.5, 0.6) is 0 Å². The summed E-state index contributed by atoms with van der Waals surface area (Å²) in [5.74, 6) is -0.119. The molecule has 1 amide bonds. The summed E-state index contributed by atoms with van der Waals surface area (Å²) in [5.41, 5.74) is 2.84. The molecule has 0 atom stereocenters. The van der Waals surface area contributed by atoms with Gasteiger partial charge in [0.25, 0.3) is 0 Å². The highest BCUT2D eigenvalue weighted by Crippen LogP contribution is 2.20. The van der Waals surface area contributed by atoms with Crippen molar-refractivity contribution in [1.82, 2.24) is 9.21 Å². The number of rotatable bonds is 8. The zero-order valence-electron chi connectivity index (χ0n) is 17.8. The number of piperazine rings is 1. The molecule has 0 unspecified atom stereocenters. The van der Waals surface area contributed by atoms with Crippen LogP contribution in [-0.2, 0) is 27.7 Å². The standard InChI is InChI=1S/C23H31N3O3S/c1-3-4-5-19-6-8-20(9-7-19)18-23(27)24-21-10-12-22(13-11-21)30(28,29)26-16-14-25(2)15-17-26/h6-13H,3-5,14-18H2,1-2H3,(H,24,27). The Balaban J connectivity index is 1.56. The monoisotopic (exact) mass is 429 g/mol. The Bertz CT molecular complexity index is 933. The maximum atomic E-state index is 12.8. The van der Waals surface area contributed by atoms with Gasteiger partial charge in [0.1, 0.15) is 0 Å². The van der Waals surface area contributed by atoms with Crippen LogP contribution in [0.1, 0.15) is 30.9 Å². The topological polar surface area (TPSA) is 69.7 Å². The molecule has 6 nitrogen and oxygen atoms in total. The SMILES string of the molecule is CCCCc1ccc(CC(=O)Nc2ccc(S(=O)(=O)N3CCN(C)CC3)cc2)cc1. The van der Waals surface area contributed by atoms with Crippen molar-refractivity contribution in [2.45, 2.75) is 37.5 Å². The average molecular weight is 430 g/mol.